The van der Waals surface area contributed by atoms with Crippen LogP contribution in [0.15, 0.2) is 42.5 Å². The number of aryl methyl sites for hydroxylation is 1. The number of nitrogens with zero attached hydrogens (tertiary/aromatic N) is 1. The molecule has 0 atom stereocenters. The van der Waals surface area contributed by atoms with E-state index in [1.54, 1.807) is 6.07 Å². The highest BCUT2D eigenvalue weighted by Gasteiger charge is 2.07. The minimum Gasteiger partial charge on any atom is -0.508 e. The molecule has 0 amide bonds. The van der Waals surface area contributed by atoms with Crippen molar-refractivity contribution in [1.29, 1.82) is 0 Å². The monoisotopic (exact) mass is 271 g/mol. The molecular formula is C17H21NO2. The van der Waals surface area contributed by atoms with E-state index in [1.807, 2.05) is 57.4 Å². The van der Waals surface area contributed by atoms with E-state index in [4.69, 9.17) is 4.74 Å². The van der Waals surface area contributed by atoms with Gasteiger partial charge in [-0.3, -0.25) is 0 Å². The zero-order valence-corrected chi connectivity index (χ0v) is 12.3. The second-order valence-corrected chi connectivity index (χ2v) is 5.15. The van der Waals surface area contributed by atoms with Crippen molar-refractivity contribution in [1.82, 2.24) is 4.90 Å². The lowest BCUT2D eigenvalue weighted by atomic mass is 10.0. The molecule has 0 unspecified atom stereocenters. The number of para-hydroxylation sites is 1. The Balaban J connectivity index is 2.24. The van der Waals surface area contributed by atoms with E-state index in [1.165, 1.54) is 0 Å². The van der Waals surface area contributed by atoms with Crippen LogP contribution in [0.5, 0.6) is 11.5 Å². The van der Waals surface area contributed by atoms with Crippen molar-refractivity contribution < 1.29 is 9.84 Å². The van der Waals surface area contributed by atoms with Gasteiger partial charge in [0.05, 0.1) is 0 Å². The van der Waals surface area contributed by atoms with Gasteiger partial charge in [-0.2, -0.15) is 0 Å². The van der Waals surface area contributed by atoms with Crippen LogP contribution in [0.25, 0.3) is 11.1 Å². The highest BCUT2D eigenvalue weighted by molar-refractivity contribution is 5.71. The van der Waals surface area contributed by atoms with E-state index in [0.29, 0.717) is 12.4 Å². The first-order chi connectivity index (χ1) is 9.58. The van der Waals surface area contributed by atoms with Gasteiger partial charge in [0.15, 0.2) is 0 Å². The number of hydrogen-bond donors (Lipinski definition) is 1. The summed E-state index contributed by atoms with van der Waals surface area (Å²) < 4.78 is 5.87. The number of hydrogen-bond acceptors (Lipinski definition) is 3. The molecule has 106 valence electrons. The van der Waals surface area contributed by atoms with Gasteiger partial charge in [-0.25, -0.2) is 0 Å². The Morgan fingerprint density at radius 3 is 2.55 bits per heavy atom. The highest BCUT2D eigenvalue weighted by Crippen LogP contribution is 2.32. The van der Waals surface area contributed by atoms with Gasteiger partial charge in [-0.05, 0) is 50.3 Å². The van der Waals surface area contributed by atoms with Gasteiger partial charge in [0.1, 0.15) is 18.1 Å². The quantitative estimate of drug-likeness (QED) is 0.905. The first-order valence-corrected chi connectivity index (χ1v) is 6.74. The molecule has 20 heavy (non-hydrogen) atoms. The van der Waals surface area contributed by atoms with E-state index < -0.39 is 0 Å². The zero-order valence-electron chi connectivity index (χ0n) is 12.3. The highest BCUT2D eigenvalue weighted by atomic mass is 16.5. The van der Waals surface area contributed by atoms with Crippen molar-refractivity contribution in [3.63, 3.8) is 0 Å². The maximum Gasteiger partial charge on any atom is 0.127 e. The van der Waals surface area contributed by atoms with Crippen LogP contribution in [-0.2, 0) is 0 Å². The van der Waals surface area contributed by atoms with E-state index in [0.717, 1.165) is 29.0 Å². The van der Waals surface area contributed by atoms with E-state index in [9.17, 15) is 5.11 Å². The molecule has 2 aromatic rings. The minimum atomic E-state index is 0.319. The molecule has 0 aliphatic carbocycles. The molecule has 0 fully saturated rings. The lowest BCUT2D eigenvalue weighted by Crippen LogP contribution is -2.19. The summed E-state index contributed by atoms with van der Waals surface area (Å²) >= 11 is 0. The van der Waals surface area contributed by atoms with Gasteiger partial charge in [-0.15, -0.1) is 0 Å². The number of phenols is 1. The third-order valence-electron chi connectivity index (χ3n) is 3.19. The minimum absolute atomic E-state index is 0.319. The van der Waals surface area contributed by atoms with E-state index in [2.05, 4.69) is 4.90 Å². The Morgan fingerprint density at radius 2 is 1.85 bits per heavy atom. The summed E-state index contributed by atoms with van der Waals surface area (Å²) in [6, 6.07) is 13.6. The molecule has 0 aliphatic rings. The van der Waals surface area contributed by atoms with Crippen LogP contribution >= 0.6 is 0 Å². The molecule has 0 bridgehead atoms. The molecule has 0 radical (unpaired) electrons. The molecule has 0 heterocycles. The Labute approximate surface area is 120 Å². The summed E-state index contributed by atoms with van der Waals surface area (Å²) in [4.78, 5) is 2.09. The van der Waals surface area contributed by atoms with Gasteiger partial charge in [0.2, 0.25) is 0 Å². The third kappa shape index (κ3) is 3.52. The number of likely N-dealkylation sites (N-methyl/N-ethyl adjacent to an activating group) is 1. The molecule has 0 aliphatic heterocycles. The van der Waals surface area contributed by atoms with Gasteiger partial charge in [0.25, 0.3) is 0 Å². The Morgan fingerprint density at radius 1 is 1.10 bits per heavy atom. The van der Waals surface area contributed by atoms with Crippen molar-refractivity contribution in [2.45, 2.75) is 6.92 Å². The fraction of sp³-hybridized carbons (Fsp3) is 0.294. The van der Waals surface area contributed by atoms with Gasteiger partial charge >= 0.3 is 0 Å². The molecule has 0 spiro atoms. The normalized spacial score (nSPS) is 10.8. The number of aromatic hydroxyl groups is 1. The van der Waals surface area contributed by atoms with Gasteiger partial charge < -0.3 is 14.7 Å². The first-order valence-electron chi connectivity index (χ1n) is 6.74. The molecular weight excluding hydrogens is 250 g/mol. The number of ether oxygens (including phenoxy) is 1. The Kier molecular flexibility index (Phi) is 4.64. The lowest BCUT2D eigenvalue weighted by Gasteiger charge is -2.14. The van der Waals surface area contributed by atoms with Crippen molar-refractivity contribution in [2.24, 2.45) is 0 Å². The first kappa shape index (κ1) is 14.4. The summed E-state index contributed by atoms with van der Waals surface area (Å²) in [5.74, 6) is 1.19. The number of benzene rings is 2. The molecule has 2 aromatic carbocycles. The zero-order chi connectivity index (χ0) is 14.5. The maximum absolute atomic E-state index is 9.63. The Hall–Kier alpha value is -2.00. The average molecular weight is 271 g/mol. The fourth-order valence-electron chi connectivity index (χ4n) is 1.99. The smallest absolute Gasteiger partial charge is 0.127 e. The summed E-state index contributed by atoms with van der Waals surface area (Å²) in [6.45, 7) is 3.43. The fourth-order valence-corrected chi connectivity index (χ4v) is 1.99. The van der Waals surface area contributed by atoms with Crippen LogP contribution < -0.4 is 4.74 Å². The summed E-state index contributed by atoms with van der Waals surface area (Å²) in [7, 11) is 4.05. The van der Waals surface area contributed by atoms with Crippen LogP contribution in [0.1, 0.15) is 5.56 Å². The summed E-state index contributed by atoms with van der Waals surface area (Å²) in [5.41, 5.74) is 2.97. The SMILES string of the molecule is Cc1cc(-c2ccccc2OCCN(C)C)ccc1O. The van der Waals surface area contributed by atoms with Crippen molar-refractivity contribution in [3.05, 3.63) is 48.0 Å². The molecule has 2 rings (SSSR count). The van der Waals surface area contributed by atoms with Crippen LogP contribution in [0.4, 0.5) is 0 Å². The summed E-state index contributed by atoms with van der Waals surface area (Å²) in [6.07, 6.45) is 0. The second-order valence-electron chi connectivity index (χ2n) is 5.15. The van der Waals surface area contributed by atoms with Crippen molar-refractivity contribution in [2.75, 3.05) is 27.2 Å². The van der Waals surface area contributed by atoms with Crippen LogP contribution in [0.3, 0.4) is 0 Å². The van der Waals surface area contributed by atoms with E-state index in [-0.39, 0.29) is 0 Å². The van der Waals surface area contributed by atoms with Crippen LogP contribution in [0.2, 0.25) is 0 Å². The predicted octanol–water partition coefficient (Wildman–Crippen LogP) is 3.31. The Bertz CT molecular complexity index is 579. The molecule has 3 nitrogen and oxygen atoms in total. The number of phenolic OH excluding ortho intramolecular Hbond substituents is 1. The molecule has 0 saturated carbocycles. The van der Waals surface area contributed by atoms with Gasteiger partial charge in [0, 0.05) is 12.1 Å². The third-order valence-corrected chi connectivity index (χ3v) is 3.19. The molecule has 3 heteroatoms. The second kappa shape index (κ2) is 6.44. The van der Waals surface area contributed by atoms with Crippen molar-refractivity contribution in [3.8, 4) is 22.6 Å². The lowest BCUT2D eigenvalue weighted by molar-refractivity contribution is 0.262. The summed E-state index contributed by atoms with van der Waals surface area (Å²) in [5, 5.41) is 9.63. The van der Waals surface area contributed by atoms with E-state index >= 15 is 0 Å². The largest absolute Gasteiger partial charge is 0.508 e. The van der Waals surface area contributed by atoms with Gasteiger partial charge in [-0.1, -0.05) is 24.3 Å². The standard InChI is InChI=1S/C17H21NO2/c1-13-12-14(8-9-16(13)19)15-6-4-5-7-17(15)20-11-10-18(2)3/h4-9,12,19H,10-11H2,1-3H3. The topological polar surface area (TPSA) is 32.7 Å². The van der Waals surface area contributed by atoms with Crippen LogP contribution in [0, 0.1) is 6.92 Å². The number of rotatable bonds is 5. The molecule has 0 aromatic heterocycles. The van der Waals surface area contributed by atoms with Crippen molar-refractivity contribution >= 4 is 0 Å². The molecule has 1 N–H and O–H groups in total. The average Bonchev–Trinajstić information content (AvgIpc) is 2.42. The van der Waals surface area contributed by atoms with Crippen LogP contribution in [-0.4, -0.2) is 37.3 Å². The molecule has 0 saturated heterocycles. The maximum atomic E-state index is 9.63. The predicted molar refractivity (Wildman–Crippen MR) is 82.3 cm³/mol.